The number of nitrogens with zero attached hydrogens (tertiary/aromatic N) is 3. The number of aromatic nitrogens is 2. The maximum absolute atomic E-state index is 12.5. The van der Waals surface area contributed by atoms with Gasteiger partial charge >= 0.3 is 0 Å². The Morgan fingerprint density at radius 1 is 1.50 bits per heavy atom. The molecule has 7 nitrogen and oxygen atoms in total. The van der Waals surface area contributed by atoms with Crippen molar-refractivity contribution in [3.8, 4) is 0 Å². The second kappa shape index (κ2) is 6.23. The quantitative estimate of drug-likeness (QED) is 0.866. The molecule has 3 rings (SSSR count). The van der Waals surface area contributed by atoms with E-state index in [0.717, 1.165) is 18.7 Å². The Labute approximate surface area is 130 Å². The molecule has 2 aromatic heterocycles. The fourth-order valence-corrected chi connectivity index (χ4v) is 4.24. The van der Waals surface area contributed by atoms with Crippen LogP contribution < -0.4 is 4.72 Å². The molecule has 1 fully saturated rings. The lowest BCUT2D eigenvalue weighted by molar-refractivity contribution is 0.335. The Kier molecular flexibility index (Phi) is 4.32. The average Bonchev–Trinajstić information content (AvgIpc) is 3.18. The molecule has 1 aliphatic rings. The summed E-state index contributed by atoms with van der Waals surface area (Å²) >= 11 is 0. The van der Waals surface area contributed by atoms with Crippen LogP contribution in [0.15, 0.2) is 35.2 Å². The first-order valence-electron chi connectivity index (χ1n) is 7.34. The van der Waals surface area contributed by atoms with Crippen molar-refractivity contribution in [1.82, 2.24) is 18.6 Å². The van der Waals surface area contributed by atoms with E-state index in [9.17, 15) is 8.42 Å². The van der Waals surface area contributed by atoms with Gasteiger partial charge < -0.3 is 8.98 Å². The summed E-state index contributed by atoms with van der Waals surface area (Å²) in [7, 11) is -1.62. The number of nitrogens with one attached hydrogen (secondary N) is 1. The topological polar surface area (TPSA) is 80.4 Å². The minimum absolute atomic E-state index is 0.208. The van der Waals surface area contributed by atoms with Crippen molar-refractivity contribution >= 4 is 10.2 Å². The molecule has 3 heterocycles. The molecule has 0 aromatic carbocycles. The fraction of sp³-hybridized carbons (Fsp3) is 0.500. The molecule has 0 radical (unpaired) electrons. The zero-order valence-corrected chi connectivity index (χ0v) is 13.3. The first kappa shape index (κ1) is 15.3. The second-order valence-electron chi connectivity index (χ2n) is 5.39. The highest BCUT2D eigenvalue weighted by Crippen LogP contribution is 2.33. The Hall–Kier alpha value is -1.64. The molecule has 1 atom stereocenters. The number of rotatable bonds is 6. The van der Waals surface area contributed by atoms with Crippen LogP contribution in [-0.2, 0) is 23.7 Å². The van der Waals surface area contributed by atoms with Gasteiger partial charge in [0.15, 0.2) is 0 Å². The highest BCUT2D eigenvalue weighted by molar-refractivity contribution is 7.87. The zero-order valence-electron chi connectivity index (χ0n) is 12.5. The van der Waals surface area contributed by atoms with Crippen molar-refractivity contribution in [2.24, 2.45) is 7.05 Å². The predicted octanol–water partition coefficient (Wildman–Crippen LogP) is 1.23. The Balaban J connectivity index is 1.63. The third-order valence-corrected chi connectivity index (χ3v) is 5.56. The molecular weight excluding hydrogens is 304 g/mol. The summed E-state index contributed by atoms with van der Waals surface area (Å²) in [6.07, 6.45) is 7.31. The monoisotopic (exact) mass is 324 g/mol. The van der Waals surface area contributed by atoms with Crippen molar-refractivity contribution in [3.05, 3.63) is 42.4 Å². The highest BCUT2D eigenvalue weighted by atomic mass is 32.2. The minimum Gasteiger partial charge on any atom is -0.468 e. The van der Waals surface area contributed by atoms with Crippen LogP contribution in [0, 0.1) is 0 Å². The number of aryl methyl sites for hydroxylation is 1. The Morgan fingerprint density at radius 3 is 3.05 bits per heavy atom. The van der Waals surface area contributed by atoms with Gasteiger partial charge in [-0.1, -0.05) is 0 Å². The smallest absolute Gasteiger partial charge is 0.280 e. The van der Waals surface area contributed by atoms with Gasteiger partial charge in [0.25, 0.3) is 10.2 Å². The van der Waals surface area contributed by atoms with E-state index in [-0.39, 0.29) is 6.04 Å². The molecule has 0 bridgehead atoms. The van der Waals surface area contributed by atoms with Gasteiger partial charge in [-0.25, -0.2) is 9.71 Å². The van der Waals surface area contributed by atoms with Gasteiger partial charge in [0.1, 0.15) is 11.6 Å². The molecule has 1 N–H and O–H groups in total. The highest BCUT2D eigenvalue weighted by Gasteiger charge is 2.36. The number of imidazole rings is 1. The Bertz CT molecular complexity index is 708. The van der Waals surface area contributed by atoms with E-state index >= 15 is 0 Å². The van der Waals surface area contributed by atoms with Crippen LogP contribution in [0.5, 0.6) is 0 Å². The number of furan rings is 1. The van der Waals surface area contributed by atoms with E-state index in [1.807, 2.05) is 23.9 Å². The molecule has 1 unspecified atom stereocenters. The van der Waals surface area contributed by atoms with Crippen LogP contribution in [0.3, 0.4) is 0 Å². The molecule has 120 valence electrons. The second-order valence-corrected chi connectivity index (χ2v) is 7.10. The van der Waals surface area contributed by atoms with Crippen LogP contribution >= 0.6 is 0 Å². The van der Waals surface area contributed by atoms with E-state index in [2.05, 4.69) is 9.71 Å². The fourth-order valence-electron chi connectivity index (χ4n) is 2.81. The predicted molar refractivity (Wildman–Crippen MR) is 81.2 cm³/mol. The van der Waals surface area contributed by atoms with Crippen LogP contribution in [-0.4, -0.2) is 35.4 Å². The molecule has 8 heteroatoms. The Morgan fingerprint density at radius 2 is 2.36 bits per heavy atom. The molecule has 0 aliphatic carbocycles. The largest absolute Gasteiger partial charge is 0.468 e. The lowest BCUT2D eigenvalue weighted by atomic mass is 10.2. The van der Waals surface area contributed by atoms with Gasteiger partial charge in [0.2, 0.25) is 0 Å². The maximum atomic E-state index is 12.5. The third kappa shape index (κ3) is 3.08. The van der Waals surface area contributed by atoms with Gasteiger partial charge in [-0.3, -0.25) is 0 Å². The molecule has 0 saturated carbocycles. The SMILES string of the molecule is Cn1ccnc1CCNS(=O)(=O)N1CCCC1c1ccco1. The average molecular weight is 324 g/mol. The summed E-state index contributed by atoms with van der Waals surface area (Å²) in [4.78, 5) is 4.19. The molecule has 1 saturated heterocycles. The molecule has 1 aliphatic heterocycles. The van der Waals surface area contributed by atoms with Crippen molar-refractivity contribution in [2.45, 2.75) is 25.3 Å². The molecule has 0 amide bonds. The van der Waals surface area contributed by atoms with E-state index in [0.29, 0.717) is 25.3 Å². The standard InChI is InChI=1S/C14H20N4O3S/c1-17-10-8-15-14(17)6-7-16-22(19,20)18-9-2-4-12(18)13-5-3-11-21-13/h3,5,8,10-12,16H,2,4,6-7,9H2,1H3. The minimum atomic E-state index is -3.51. The summed E-state index contributed by atoms with van der Waals surface area (Å²) in [5, 5.41) is 0. The molecule has 0 spiro atoms. The van der Waals surface area contributed by atoms with Crippen molar-refractivity contribution in [2.75, 3.05) is 13.1 Å². The first-order valence-corrected chi connectivity index (χ1v) is 8.78. The van der Waals surface area contributed by atoms with Crippen molar-refractivity contribution in [3.63, 3.8) is 0 Å². The van der Waals surface area contributed by atoms with Crippen LogP contribution in [0.1, 0.15) is 30.5 Å². The van der Waals surface area contributed by atoms with E-state index in [1.165, 1.54) is 4.31 Å². The molecular formula is C14H20N4O3S. The van der Waals surface area contributed by atoms with Gasteiger partial charge in [0, 0.05) is 39.0 Å². The van der Waals surface area contributed by atoms with Gasteiger partial charge in [-0.15, -0.1) is 0 Å². The number of hydrogen-bond acceptors (Lipinski definition) is 4. The molecule has 2 aromatic rings. The summed E-state index contributed by atoms with van der Waals surface area (Å²) in [6.45, 7) is 0.845. The van der Waals surface area contributed by atoms with Crippen molar-refractivity contribution in [1.29, 1.82) is 0 Å². The number of hydrogen-bond donors (Lipinski definition) is 1. The third-order valence-electron chi connectivity index (χ3n) is 3.94. The normalized spacial score (nSPS) is 19.8. The first-order chi connectivity index (χ1) is 10.6. The van der Waals surface area contributed by atoms with Crippen LogP contribution in [0.2, 0.25) is 0 Å². The van der Waals surface area contributed by atoms with Crippen LogP contribution in [0.25, 0.3) is 0 Å². The maximum Gasteiger partial charge on any atom is 0.280 e. The lowest BCUT2D eigenvalue weighted by Gasteiger charge is -2.22. The summed E-state index contributed by atoms with van der Waals surface area (Å²) in [6, 6.07) is 3.40. The van der Waals surface area contributed by atoms with Gasteiger partial charge in [-0.2, -0.15) is 12.7 Å². The van der Waals surface area contributed by atoms with Crippen LogP contribution in [0.4, 0.5) is 0 Å². The zero-order chi connectivity index (χ0) is 15.6. The van der Waals surface area contributed by atoms with E-state index in [4.69, 9.17) is 4.42 Å². The molecule has 22 heavy (non-hydrogen) atoms. The van der Waals surface area contributed by atoms with Gasteiger partial charge in [0.05, 0.1) is 12.3 Å². The summed E-state index contributed by atoms with van der Waals surface area (Å²) in [5.41, 5.74) is 0. The van der Waals surface area contributed by atoms with E-state index < -0.39 is 10.2 Å². The van der Waals surface area contributed by atoms with E-state index in [1.54, 1.807) is 18.5 Å². The van der Waals surface area contributed by atoms with Gasteiger partial charge in [-0.05, 0) is 25.0 Å². The summed E-state index contributed by atoms with van der Waals surface area (Å²) in [5.74, 6) is 1.55. The van der Waals surface area contributed by atoms with Crippen molar-refractivity contribution < 1.29 is 12.8 Å². The lowest BCUT2D eigenvalue weighted by Crippen LogP contribution is -2.41. The summed E-state index contributed by atoms with van der Waals surface area (Å²) < 4.78 is 36.4.